The van der Waals surface area contributed by atoms with Gasteiger partial charge in [0.05, 0.1) is 6.61 Å². The van der Waals surface area contributed by atoms with Crippen molar-refractivity contribution in [3.05, 3.63) is 29.8 Å². The number of hydrogen-bond donors (Lipinski definition) is 1. The van der Waals surface area contributed by atoms with E-state index < -0.39 is 11.6 Å². The van der Waals surface area contributed by atoms with Crippen LogP contribution in [-0.4, -0.2) is 43.1 Å². The molecule has 116 valence electrons. The molecule has 0 spiro atoms. The van der Waals surface area contributed by atoms with Gasteiger partial charge in [0.2, 0.25) is 5.91 Å². The highest BCUT2D eigenvalue weighted by molar-refractivity contribution is 5.76. The predicted octanol–water partition coefficient (Wildman–Crippen LogP) is 1.94. The highest BCUT2D eigenvalue weighted by Gasteiger charge is 2.22. The van der Waals surface area contributed by atoms with E-state index in [1.54, 1.807) is 0 Å². The average Bonchev–Trinajstić information content (AvgIpc) is 2.45. The summed E-state index contributed by atoms with van der Waals surface area (Å²) in [6.45, 7) is 4.58. The summed E-state index contributed by atoms with van der Waals surface area (Å²) in [6, 6.07) is 3.38. The number of benzene rings is 1. The third-order valence-electron chi connectivity index (χ3n) is 3.51. The Morgan fingerprint density at radius 1 is 1.48 bits per heavy atom. The standard InChI is InChI=1S/C15H20F2N2O2/c1-11-10-18-6-7-19(11)15(20)3-2-8-21-14-5-4-12(16)9-13(14)17/h4-5,9,11,18H,2-3,6-8,10H2,1H3/t11-/m1/s1. The smallest absolute Gasteiger partial charge is 0.223 e. The lowest BCUT2D eigenvalue weighted by Crippen LogP contribution is -2.52. The normalized spacial score (nSPS) is 18.6. The molecular formula is C15H20F2N2O2. The van der Waals surface area contributed by atoms with E-state index in [4.69, 9.17) is 4.74 Å². The molecular weight excluding hydrogens is 278 g/mol. The Morgan fingerprint density at radius 2 is 2.29 bits per heavy atom. The van der Waals surface area contributed by atoms with E-state index in [2.05, 4.69) is 5.32 Å². The minimum absolute atomic E-state index is 0.0133. The third kappa shape index (κ3) is 4.39. The summed E-state index contributed by atoms with van der Waals surface area (Å²) in [4.78, 5) is 13.9. The molecule has 1 atom stereocenters. The van der Waals surface area contributed by atoms with E-state index in [1.165, 1.54) is 6.07 Å². The Balaban J connectivity index is 1.73. The molecule has 0 unspecified atom stereocenters. The maximum Gasteiger partial charge on any atom is 0.223 e. The lowest BCUT2D eigenvalue weighted by atomic mass is 10.2. The second-order valence-electron chi connectivity index (χ2n) is 5.17. The first-order valence-electron chi connectivity index (χ1n) is 7.16. The summed E-state index contributed by atoms with van der Waals surface area (Å²) < 4.78 is 31.3. The summed E-state index contributed by atoms with van der Waals surface area (Å²) in [5.41, 5.74) is 0. The molecule has 1 fully saturated rings. The molecule has 6 heteroatoms. The van der Waals surface area contributed by atoms with E-state index in [1.807, 2.05) is 11.8 Å². The van der Waals surface area contributed by atoms with Crippen LogP contribution < -0.4 is 10.1 Å². The zero-order valence-electron chi connectivity index (χ0n) is 12.1. The topological polar surface area (TPSA) is 41.6 Å². The molecule has 0 aliphatic carbocycles. The highest BCUT2D eigenvalue weighted by Crippen LogP contribution is 2.18. The van der Waals surface area contributed by atoms with Crippen LogP contribution in [0.3, 0.4) is 0 Å². The van der Waals surface area contributed by atoms with Gasteiger partial charge in [-0.05, 0) is 25.5 Å². The van der Waals surface area contributed by atoms with Gasteiger partial charge < -0.3 is 15.0 Å². The summed E-state index contributed by atoms with van der Waals surface area (Å²) in [6.07, 6.45) is 0.874. The minimum atomic E-state index is -0.725. The van der Waals surface area contributed by atoms with Gasteiger partial charge in [0, 0.05) is 38.2 Å². The average molecular weight is 298 g/mol. The van der Waals surface area contributed by atoms with Crippen molar-refractivity contribution in [2.45, 2.75) is 25.8 Å². The van der Waals surface area contributed by atoms with Crippen LogP contribution in [-0.2, 0) is 4.79 Å². The van der Waals surface area contributed by atoms with Crippen LogP contribution in [0.1, 0.15) is 19.8 Å². The predicted molar refractivity (Wildman–Crippen MR) is 75.1 cm³/mol. The molecule has 0 aromatic heterocycles. The number of piperazine rings is 1. The van der Waals surface area contributed by atoms with Crippen LogP contribution in [0.2, 0.25) is 0 Å². The minimum Gasteiger partial charge on any atom is -0.491 e. The van der Waals surface area contributed by atoms with E-state index in [0.717, 1.165) is 25.2 Å². The van der Waals surface area contributed by atoms with Gasteiger partial charge in [-0.1, -0.05) is 0 Å². The molecule has 0 radical (unpaired) electrons. The lowest BCUT2D eigenvalue weighted by Gasteiger charge is -2.34. The van der Waals surface area contributed by atoms with Gasteiger partial charge in [-0.2, -0.15) is 0 Å². The third-order valence-corrected chi connectivity index (χ3v) is 3.51. The van der Waals surface area contributed by atoms with Crippen molar-refractivity contribution < 1.29 is 18.3 Å². The van der Waals surface area contributed by atoms with Crippen molar-refractivity contribution in [1.82, 2.24) is 10.2 Å². The number of hydrogen-bond acceptors (Lipinski definition) is 3. The van der Waals surface area contributed by atoms with Gasteiger partial charge in [-0.25, -0.2) is 8.78 Å². The fourth-order valence-electron chi connectivity index (χ4n) is 2.35. The first-order valence-corrected chi connectivity index (χ1v) is 7.16. The zero-order chi connectivity index (χ0) is 15.2. The number of halogens is 2. The Hall–Kier alpha value is -1.69. The maximum atomic E-state index is 13.3. The van der Waals surface area contributed by atoms with Crippen LogP contribution in [0.15, 0.2) is 18.2 Å². The van der Waals surface area contributed by atoms with Gasteiger partial charge in [-0.15, -0.1) is 0 Å². The molecule has 1 amide bonds. The summed E-state index contributed by atoms with van der Waals surface area (Å²) in [7, 11) is 0. The molecule has 0 saturated carbocycles. The number of carbonyl (C=O) groups is 1. The molecule has 1 saturated heterocycles. The van der Waals surface area contributed by atoms with Crippen LogP contribution in [0.25, 0.3) is 0 Å². The number of carbonyl (C=O) groups excluding carboxylic acids is 1. The first-order chi connectivity index (χ1) is 10.1. The molecule has 1 aliphatic rings. The Labute approximate surface area is 123 Å². The highest BCUT2D eigenvalue weighted by atomic mass is 19.1. The summed E-state index contributed by atoms with van der Waals surface area (Å²) >= 11 is 0. The molecule has 2 rings (SSSR count). The zero-order valence-corrected chi connectivity index (χ0v) is 12.1. The van der Waals surface area contributed by atoms with Gasteiger partial charge >= 0.3 is 0 Å². The quantitative estimate of drug-likeness (QED) is 0.845. The number of amides is 1. The number of nitrogens with one attached hydrogen (secondary N) is 1. The molecule has 1 N–H and O–H groups in total. The molecule has 1 aliphatic heterocycles. The van der Waals surface area contributed by atoms with Crippen LogP contribution in [0, 0.1) is 11.6 Å². The van der Waals surface area contributed by atoms with Crippen molar-refractivity contribution in [3.8, 4) is 5.75 Å². The largest absolute Gasteiger partial charge is 0.491 e. The summed E-state index contributed by atoms with van der Waals surface area (Å²) in [5, 5.41) is 3.23. The molecule has 4 nitrogen and oxygen atoms in total. The van der Waals surface area contributed by atoms with Gasteiger partial charge in [0.15, 0.2) is 11.6 Å². The van der Waals surface area contributed by atoms with E-state index in [-0.39, 0.29) is 24.3 Å². The number of nitrogens with zero attached hydrogens (tertiary/aromatic N) is 1. The van der Waals surface area contributed by atoms with Crippen molar-refractivity contribution in [1.29, 1.82) is 0 Å². The Kier molecular flexibility index (Phi) is 5.50. The van der Waals surface area contributed by atoms with Gasteiger partial charge in [-0.3, -0.25) is 4.79 Å². The first kappa shape index (κ1) is 15.7. The second kappa shape index (κ2) is 7.36. The fourth-order valence-corrected chi connectivity index (χ4v) is 2.35. The van der Waals surface area contributed by atoms with E-state index >= 15 is 0 Å². The van der Waals surface area contributed by atoms with Crippen LogP contribution in [0.4, 0.5) is 8.78 Å². The number of rotatable bonds is 5. The van der Waals surface area contributed by atoms with Crippen LogP contribution in [0.5, 0.6) is 5.75 Å². The van der Waals surface area contributed by atoms with Gasteiger partial charge in [0.1, 0.15) is 5.82 Å². The fraction of sp³-hybridized carbons (Fsp3) is 0.533. The SMILES string of the molecule is C[C@@H]1CNCCN1C(=O)CCCOc1ccc(F)cc1F. The van der Waals surface area contributed by atoms with Crippen molar-refractivity contribution >= 4 is 5.91 Å². The Bertz CT molecular complexity index is 497. The molecule has 0 bridgehead atoms. The number of ether oxygens (including phenoxy) is 1. The molecule has 21 heavy (non-hydrogen) atoms. The van der Waals surface area contributed by atoms with Gasteiger partial charge in [0.25, 0.3) is 0 Å². The van der Waals surface area contributed by atoms with Crippen molar-refractivity contribution in [3.63, 3.8) is 0 Å². The van der Waals surface area contributed by atoms with E-state index in [9.17, 15) is 13.6 Å². The van der Waals surface area contributed by atoms with Crippen molar-refractivity contribution in [2.75, 3.05) is 26.2 Å². The van der Waals surface area contributed by atoms with Crippen LogP contribution >= 0.6 is 0 Å². The molecule has 1 heterocycles. The molecule has 1 aromatic carbocycles. The molecule has 1 aromatic rings. The Morgan fingerprint density at radius 3 is 3.00 bits per heavy atom. The second-order valence-corrected chi connectivity index (χ2v) is 5.17. The monoisotopic (exact) mass is 298 g/mol. The lowest BCUT2D eigenvalue weighted by molar-refractivity contribution is -0.134. The van der Waals surface area contributed by atoms with E-state index in [0.29, 0.717) is 19.4 Å². The summed E-state index contributed by atoms with van der Waals surface area (Å²) in [5.74, 6) is -1.26. The maximum absolute atomic E-state index is 13.3. The van der Waals surface area contributed by atoms with Crippen molar-refractivity contribution in [2.24, 2.45) is 0 Å².